The van der Waals surface area contributed by atoms with Crippen molar-refractivity contribution in [2.45, 2.75) is 44.9 Å². The Hall–Kier alpha value is -1.89. The number of anilines is 1. The molecule has 0 radical (unpaired) electrons. The number of piperidine rings is 1. The van der Waals surface area contributed by atoms with Crippen LogP contribution in [-0.2, 0) is 21.2 Å². The van der Waals surface area contributed by atoms with E-state index in [1.54, 1.807) is 25.1 Å². The fourth-order valence-corrected chi connectivity index (χ4v) is 5.85. The first kappa shape index (κ1) is 21.8. The maximum absolute atomic E-state index is 13.1. The van der Waals surface area contributed by atoms with Gasteiger partial charge in [0.15, 0.2) is 0 Å². The Morgan fingerprint density at radius 3 is 2.31 bits per heavy atom. The second-order valence-electron chi connectivity index (χ2n) is 7.86. The lowest BCUT2D eigenvalue weighted by Gasteiger charge is -2.37. The predicted molar refractivity (Wildman–Crippen MR) is 117 cm³/mol. The van der Waals surface area contributed by atoms with Crippen molar-refractivity contribution < 1.29 is 13.2 Å². The van der Waals surface area contributed by atoms with Crippen LogP contribution in [0.1, 0.15) is 37.8 Å². The monoisotopic (exact) mass is 434 g/mol. The molecule has 1 amide bonds. The Morgan fingerprint density at radius 2 is 1.76 bits per heavy atom. The molecule has 0 atom stereocenters. The normalized spacial score (nSPS) is 17.1. The molecule has 0 bridgehead atoms. The Balaban J connectivity index is 1.70. The van der Waals surface area contributed by atoms with Crippen molar-refractivity contribution in [2.75, 3.05) is 18.4 Å². The van der Waals surface area contributed by atoms with Crippen molar-refractivity contribution in [2.24, 2.45) is 5.41 Å². The molecule has 0 aliphatic carbocycles. The smallest absolute Gasteiger partial charge is 0.244 e. The SMILES string of the molecule is CCc1ccc(NC(=O)C2(C)CCN(S(=O)(=O)c3c(C)cccc3Cl)CC2)cc1. The highest BCUT2D eigenvalue weighted by Crippen LogP contribution is 2.36. The Morgan fingerprint density at radius 1 is 1.14 bits per heavy atom. The Labute approximate surface area is 178 Å². The molecule has 0 unspecified atom stereocenters. The van der Waals surface area contributed by atoms with Crippen LogP contribution in [-0.4, -0.2) is 31.7 Å². The van der Waals surface area contributed by atoms with E-state index in [-0.39, 0.29) is 28.9 Å². The molecule has 1 saturated heterocycles. The molecular weight excluding hydrogens is 408 g/mol. The van der Waals surface area contributed by atoms with Crippen molar-refractivity contribution in [1.29, 1.82) is 0 Å². The average Bonchev–Trinajstić information content (AvgIpc) is 2.68. The van der Waals surface area contributed by atoms with Crippen molar-refractivity contribution in [1.82, 2.24) is 4.31 Å². The van der Waals surface area contributed by atoms with Gasteiger partial charge in [0, 0.05) is 24.2 Å². The minimum Gasteiger partial charge on any atom is -0.326 e. The predicted octanol–water partition coefficient (Wildman–Crippen LogP) is 4.64. The lowest BCUT2D eigenvalue weighted by atomic mass is 9.80. The molecule has 2 aromatic rings. The summed E-state index contributed by atoms with van der Waals surface area (Å²) < 4.78 is 27.6. The molecule has 5 nitrogen and oxygen atoms in total. The Bertz CT molecular complexity index is 975. The zero-order valence-corrected chi connectivity index (χ0v) is 18.6. The van der Waals surface area contributed by atoms with Gasteiger partial charge in [-0.2, -0.15) is 4.31 Å². The summed E-state index contributed by atoms with van der Waals surface area (Å²) in [5, 5.41) is 3.21. The summed E-state index contributed by atoms with van der Waals surface area (Å²) in [4.78, 5) is 13.0. The topological polar surface area (TPSA) is 66.5 Å². The number of nitrogens with zero attached hydrogens (tertiary/aromatic N) is 1. The molecule has 1 heterocycles. The number of carbonyl (C=O) groups excluding carboxylic acids is 1. The number of amides is 1. The van der Waals surface area contributed by atoms with Gasteiger partial charge in [-0.1, -0.05) is 49.7 Å². The maximum Gasteiger partial charge on any atom is 0.244 e. The molecule has 1 fully saturated rings. The molecular formula is C22H27ClN2O3S. The molecule has 0 saturated carbocycles. The highest BCUT2D eigenvalue weighted by Gasteiger charge is 2.41. The second kappa shape index (κ2) is 8.46. The van der Waals surface area contributed by atoms with E-state index < -0.39 is 15.4 Å². The summed E-state index contributed by atoms with van der Waals surface area (Å²) in [6.07, 6.45) is 1.85. The number of aryl methyl sites for hydroxylation is 2. The van der Waals surface area contributed by atoms with Gasteiger partial charge in [-0.25, -0.2) is 8.42 Å². The molecule has 1 aliphatic heterocycles. The van der Waals surface area contributed by atoms with Gasteiger partial charge in [-0.05, 0) is 55.5 Å². The number of halogens is 1. The zero-order valence-electron chi connectivity index (χ0n) is 17.0. The minimum atomic E-state index is -3.70. The van der Waals surface area contributed by atoms with Gasteiger partial charge in [-0.15, -0.1) is 0 Å². The van der Waals surface area contributed by atoms with Crippen molar-refractivity contribution >= 4 is 33.2 Å². The molecule has 1 N–H and O–H groups in total. The maximum atomic E-state index is 13.1. The van der Waals surface area contributed by atoms with Gasteiger partial charge in [0.1, 0.15) is 4.90 Å². The summed E-state index contributed by atoms with van der Waals surface area (Å²) in [5.74, 6) is -0.0762. The lowest BCUT2D eigenvalue weighted by Crippen LogP contribution is -2.47. The molecule has 3 rings (SSSR count). The van der Waals surface area contributed by atoms with Crippen molar-refractivity contribution in [3.8, 4) is 0 Å². The van der Waals surface area contributed by atoms with Gasteiger partial charge in [0.2, 0.25) is 15.9 Å². The van der Waals surface area contributed by atoms with E-state index in [0.717, 1.165) is 12.1 Å². The average molecular weight is 435 g/mol. The fraction of sp³-hybridized carbons (Fsp3) is 0.409. The second-order valence-corrected chi connectivity index (χ2v) is 10.1. The third-order valence-electron chi connectivity index (χ3n) is 5.76. The van der Waals surface area contributed by atoms with E-state index in [1.807, 2.05) is 31.2 Å². The summed E-state index contributed by atoms with van der Waals surface area (Å²) >= 11 is 6.18. The van der Waals surface area contributed by atoms with Crippen LogP contribution in [0.25, 0.3) is 0 Å². The third-order valence-corrected chi connectivity index (χ3v) is 8.29. The molecule has 7 heteroatoms. The molecule has 2 aromatic carbocycles. The number of hydrogen-bond acceptors (Lipinski definition) is 3. The first-order valence-electron chi connectivity index (χ1n) is 9.83. The van der Waals surface area contributed by atoms with Gasteiger partial charge in [0.05, 0.1) is 5.02 Å². The van der Waals surface area contributed by atoms with Crippen LogP contribution in [0.5, 0.6) is 0 Å². The largest absolute Gasteiger partial charge is 0.326 e. The highest BCUT2D eigenvalue weighted by atomic mass is 35.5. The summed E-state index contributed by atoms with van der Waals surface area (Å²) in [7, 11) is -3.70. The number of carbonyl (C=O) groups is 1. The van der Waals surface area contributed by atoms with E-state index in [4.69, 9.17) is 11.6 Å². The van der Waals surface area contributed by atoms with Gasteiger partial charge in [-0.3, -0.25) is 4.79 Å². The number of sulfonamides is 1. The molecule has 0 spiro atoms. The highest BCUT2D eigenvalue weighted by molar-refractivity contribution is 7.89. The quantitative estimate of drug-likeness (QED) is 0.745. The summed E-state index contributed by atoms with van der Waals surface area (Å²) in [6.45, 7) is 6.29. The first-order valence-corrected chi connectivity index (χ1v) is 11.6. The standard InChI is InChI=1S/C22H27ClN2O3S/c1-4-17-8-10-18(11-9-17)24-21(26)22(3)12-14-25(15-13-22)29(27,28)20-16(2)6-5-7-19(20)23/h5-11H,4,12-15H2,1-3H3,(H,24,26). The fourth-order valence-electron chi connectivity index (χ4n) is 3.63. The number of nitrogens with one attached hydrogen (secondary N) is 1. The van der Waals surface area contributed by atoms with Crippen LogP contribution >= 0.6 is 11.6 Å². The molecule has 29 heavy (non-hydrogen) atoms. The van der Waals surface area contributed by atoms with Gasteiger partial charge < -0.3 is 5.32 Å². The van der Waals surface area contributed by atoms with E-state index in [2.05, 4.69) is 12.2 Å². The van der Waals surface area contributed by atoms with E-state index >= 15 is 0 Å². The van der Waals surface area contributed by atoms with E-state index in [9.17, 15) is 13.2 Å². The van der Waals surface area contributed by atoms with Gasteiger partial charge in [0.25, 0.3) is 0 Å². The number of hydrogen-bond donors (Lipinski definition) is 1. The first-order chi connectivity index (χ1) is 13.7. The lowest BCUT2D eigenvalue weighted by molar-refractivity contribution is -0.126. The number of benzene rings is 2. The minimum absolute atomic E-state index is 0.0762. The molecule has 0 aromatic heterocycles. The molecule has 156 valence electrons. The van der Waals surface area contributed by atoms with Crippen LogP contribution in [0.4, 0.5) is 5.69 Å². The van der Waals surface area contributed by atoms with E-state index in [0.29, 0.717) is 18.4 Å². The summed E-state index contributed by atoms with van der Waals surface area (Å²) in [6, 6.07) is 12.9. The third kappa shape index (κ3) is 4.49. The zero-order chi connectivity index (χ0) is 21.2. The van der Waals surface area contributed by atoms with E-state index in [1.165, 1.54) is 9.87 Å². The van der Waals surface area contributed by atoms with Crippen molar-refractivity contribution in [3.63, 3.8) is 0 Å². The summed E-state index contributed by atoms with van der Waals surface area (Å²) in [5.41, 5.74) is 1.97. The van der Waals surface area contributed by atoms with Gasteiger partial charge >= 0.3 is 0 Å². The molecule has 1 aliphatic rings. The van der Waals surface area contributed by atoms with Crippen molar-refractivity contribution in [3.05, 3.63) is 58.6 Å². The van der Waals surface area contributed by atoms with Crippen LogP contribution < -0.4 is 5.32 Å². The van der Waals surface area contributed by atoms with Crippen LogP contribution in [0, 0.1) is 12.3 Å². The van der Waals surface area contributed by atoms with Crippen LogP contribution in [0.2, 0.25) is 5.02 Å². The Kier molecular flexibility index (Phi) is 6.36. The number of rotatable bonds is 5. The van der Waals surface area contributed by atoms with Crippen LogP contribution in [0.3, 0.4) is 0 Å². The van der Waals surface area contributed by atoms with Crippen LogP contribution in [0.15, 0.2) is 47.4 Å².